The standard InChI is InChI=1S/C15H15F2N3O2/c1-2-21-13-9-11(6-7-12(13)22-15(16)17)10-19-20-14-5-3-4-8-18-14/h3-10,15H,2H2,1H3,(H,18,20)/b19-10-. The van der Waals surface area contributed by atoms with Crippen molar-refractivity contribution in [2.24, 2.45) is 5.10 Å². The molecule has 0 atom stereocenters. The maximum atomic E-state index is 12.3. The van der Waals surface area contributed by atoms with E-state index < -0.39 is 6.61 Å². The lowest BCUT2D eigenvalue weighted by Gasteiger charge is -2.11. The molecule has 0 saturated heterocycles. The van der Waals surface area contributed by atoms with Crippen LogP contribution in [0.5, 0.6) is 11.5 Å². The average Bonchev–Trinajstić information content (AvgIpc) is 2.51. The molecule has 0 saturated carbocycles. The molecule has 2 aromatic rings. The summed E-state index contributed by atoms with van der Waals surface area (Å²) in [5, 5.41) is 4.02. The molecule has 7 heteroatoms. The third-order valence-corrected chi connectivity index (χ3v) is 2.54. The largest absolute Gasteiger partial charge is 0.490 e. The van der Waals surface area contributed by atoms with Gasteiger partial charge in [-0.15, -0.1) is 0 Å². The maximum Gasteiger partial charge on any atom is 0.387 e. The number of nitrogens with zero attached hydrogens (tertiary/aromatic N) is 2. The third kappa shape index (κ3) is 4.69. The summed E-state index contributed by atoms with van der Waals surface area (Å²) < 4.78 is 34.3. The number of hydrogen-bond donors (Lipinski definition) is 1. The van der Waals surface area contributed by atoms with Crippen LogP contribution in [0.1, 0.15) is 12.5 Å². The van der Waals surface area contributed by atoms with Crippen LogP contribution >= 0.6 is 0 Å². The molecule has 5 nitrogen and oxygen atoms in total. The predicted octanol–water partition coefficient (Wildman–Crippen LogP) is 3.53. The number of nitrogens with one attached hydrogen (secondary N) is 1. The van der Waals surface area contributed by atoms with Crippen molar-refractivity contribution in [3.63, 3.8) is 0 Å². The molecule has 0 spiro atoms. The molecule has 116 valence electrons. The van der Waals surface area contributed by atoms with Gasteiger partial charge in [-0.25, -0.2) is 4.98 Å². The summed E-state index contributed by atoms with van der Waals surface area (Å²) >= 11 is 0. The second kappa shape index (κ2) is 7.92. The lowest BCUT2D eigenvalue weighted by Crippen LogP contribution is -2.05. The molecule has 1 aromatic heterocycles. The number of hydrazone groups is 1. The molecule has 0 aliphatic heterocycles. The molecule has 2 rings (SSSR count). The number of benzene rings is 1. The van der Waals surface area contributed by atoms with Crippen LogP contribution in [-0.2, 0) is 0 Å². The van der Waals surface area contributed by atoms with Gasteiger partial charge in [0.25, 0.3) is 0 Å². The molecule has 1 heterocycles. The summed E-state index contributed by atoms with van der Waals surface area (Å²) in [6.07, 6.45) is 3.17. The quantitative estimate of drug-likeness (QED) is 0.628. The number of alkyl halides is 2. The highest BCUT2D eigenvalue weighted by atomic mass is 19.3. The van der Waals surface area contributed by atoms with E-state index in [-0.39, 0.29) is 11.5 Å². The predicted molar refractivity (Wildman–Crippen MR) is 79.7 cm³/mol. The Morgan fingerprint density at radius 3 is 2.82 bits per heavy atom. The smallest absolute Gasteiger partial charge is 0.387 e. The van der Waals surface area contributed by atoms with E-state index >= 15 is 0 Å². The van der Waals surface area contributed by atoms with Crippen molar-refractivity contribution in [3.05, 3.63) is 48.2 Å². The van der Waals surface area contributed by atoms with Gasteiger partial charge in [0.15, 0.2) is 11.5 Å². The Morgan fingerprint density at radius 1 is 1.27 bits per heavy atom. The van der Waals surface area contributed by atoms with Crippen molar-refractivity contribution in [1.29, 1.82) is 0 Å². The fourth-order valence-electron chi connectivity index (χ4n) is 1.67. The minimum Gasteiger partial charge on any atom is -0.490 e. The molecule has 0 aliphatic carbocycles. The SMILES string of the molecule is CCOc1cc(/C=N\Nc2ccccn2)ccc1OC(F)F. The van der Waals surface area contributed by atoms with Gasteiger partial charge in [-0.05, 0) is 42.8 Å². The van der Waals surface area contributed by atoms with Crippen molar-refractivity contribution in [1.82, 2.24) is 4.98 Å². The van der Waals surface area contributed by atoms with Gasteiger partial charge in [-0.2, -0.15) is 13.9 Å². The molecule has 0 amide bonds. The Kier molecular flexibility index (Phi) is 5.65. The van der Waals surface area contributed by atoms with Gasteiger partial charge >= 0.3 is 6.61 Å². The van der Waals surface area contributed by atoms with Gasteiger partial charge < -0.3 is 9.47 Å². The number of anilines is 1. The van der Waals surface area contributed by atoms with Crippen molar-refractivity contribution in [2.75, 3.05) is 12.0 Å². The van der Waals surface area contributed by atoms with Gasteiger partial charge in [0.05, 0.1) is 12.8 Å². The van der Waals surface area contributed by atoms with Gasteiger partial charge in [-0.3, -0.25) is 5.43 Å². The Balaban J connectivity index is 2.09. The minimum atomic E-state index is -2.90. The fraction of sp³-hybridized carbons (Fsp3) is 0.200. The summed E-state index contributed by atoms with van der Waals surface area (Å²) in [5.41, 5.74) is 3.43. The van der Waals surface area contributed by atoms with E-state index in [2.05, 4.69) is 20.2 Å². The first kappa shape index (κ1) is 15.7. The van der Waals surface area contributed by atoms with Gasteiger partial charge in [0.1, 0.15) is 5.82 Å². The van der Waals surface area contributed by atoms with E-state index in [4.69, 9.17) is 4.74 Å². The maximum absolute atomic E-state index is 12.3. The van der Waals surface area contributed by atoms with Crippen LogP contribution in [0, 0.1) is 0 Å². The van der Waals surface area contributed by atoms with E-state index in [0.29, 0.717) is 18.0 Å². The zero-order chi connectivity index (χ0) is 15.8. The first-order valence-electron chi connectivity index (χ1n) is 6.61. The van der Waals surface area contributed by atoms with Crippen molar-refractivity contribution in [2.45, 2.75) is 13.5 Å². The van der Waals surface area contributed by atoms with Crippen LogP contribution in [0.15, 0.2) is 47.7 Å². The Bertz CT molecular complexity index is 621. The van der Waals surface area contributed by atoms with Crippen LogP contribution in [0.3, 0.4) is 0 Å². The third-order valence-electron chi connectivity index (χ3n) is 2.54. The number of pyridine rings is 1. The molecular formula is C15H15F2N3O2. The molecule has 0 aliphatic rings. The van der Waals surface area contributed by atoms with Gasteiger partial charge in [0, 0.05) is 6.20 Å². The minimum absolute atomic E-state index is 0.00770. The Labute approximate surface area is 126 Å². The zero-order valence-electron chi connectivity index (χ0n) is 11.9. The van der Waals surface area contributed by atoms with Crippen molar-refractivity contribution < 1.29 is 18.3 Å². The van der Waals surface area contributed by atoms with E-state index in [1.54, 1.807) is 37.4 Å². The van der Waals surface area contributed by atoms with E-state index in [0.717, 1.165) is 0 Å². The molecule has 1 aromatic carbocycles. The second-order valence-corrected chi connectivity index (χ2v) is 4.10. The number of rotatable bonds is 7. The molecule has 0 radical (unpaired) electrons. The van der Waals surface area contributed by atoms with E-state index in [1.807, 2.05) is 6.07 Å². The lowest BCUT2D eigenvalue weighted by molar-refractivity contribution is -0.0514. The molecule has 0 fully saturated rings. The normalized spacial score (nSPS) is 10.9. The summed E-state index contributed by atoms with van der Waals surface area (Å²) in [6, 6.07) is 9.98. The fourth-order valence-corrected chi connectivity index (χ4v) is 1.67. The molecule has 1 N–H and O–H groups in total. The number of hydrogen-bond acceptors (Lipinski definition) is 5. The summed E-state index contributed by atoms with van der Waals surface area (Å²) in [4.78, 5) is 4.05. The van der Waals surface area contributed by atoms with Gasteiger partial charge in [-0.1, -0.05) is 6.07 Å². The number of ether oxygens (including phenoxy) is 2. The van der Waals surface area contributed by atoms with E-state index in [1.165, 1.54) is 12.3 Å². The van der Waals surface area contributed by atoms with Crippen LogP contribution in [0.2, 0.25) is 0 Å². The molecular weight excluding hydrogens is 292 g/mol. The molecule has 0 bridgehead atoms. The average molecular weight is 307 g/mol. The van der Waals surface area contributed by atoms with E-state index in [9.17, 15) is 8.78 Å². The molecule has 22 heavy (non-hydrogen) atoms. The topological polar surface area (TPSA) is 55.7 Å². The van der Waals surface area contributed by atoms with Crippen LogP contribution in [0.25, 0.3) is 0 Å². The molecule has 0 unspecified atom stereocenters. The summed E-state index contributed by atoms with van der Waals surface area (Å²) in [5.74, 6) is 0.831. The van der Waals surface area contributed by atoms with Gasteiger partial charge in [0.2, 0.25) is 0 Å². The first-order chi connectivity index (χ1) is 10.7. The lowest BCUT2D eigenvalue weighted by atomic mass is 10.2. The van der Waals surface area contributed by atoms with Crippen LogP contribution in [-0.4, -0.2) is 24.4 Å². The second-order valence-electron chi connectivity index (χ2n) is 4.10. The first-order valence-corrected chi connectivity index (χ1v) is 6.61. The summed E-state index contributed by atoms with van der Waals surface area (Å²) in [6.45, 7) is -0.799. The van der Waals surface area contributed by atoms with Crippen molar-refractivity contribution in [3.8, 4) is 11.5 Å². The van der Waals surface area contributed by atoms with Crippen molar-refractivity contribution >= 4 is 12.0 Å². The van der Waals surface area contributed by atoms with Crippen LogP contribution < -0.4 is 14.9 Å². The zero-order valence-corrected chi connectivity index (χ0v) is 11.9. The summed E-state index contributed by atoms with van der Waals surface area (Å²) in [7, 11) is 0. The highest BCUT2D eigenvalue weighted by Gasteiger charge is 2.11. The number of halogens is 2. The Morgan fingerprint density at radius 2 is 2.14 bits per heavy atom. The van der Waals surface area contributed by atoms with Crippen LogP contribution in [0.4, 0.5) is 14.6 Å². The number of aromatic nitrogens is 1. The highest BCUT2D eigenvalue weighted by molar-refractivity contribution is 5.81. The highest BCUT2D eigenvalue weighted by Crippen LogP contribution is 2.29. The monoisotopic (exact) mass is 307 g/mol. The Hall–Kier alpha value is -2.70.